The van der Waals surface area contributed by atoms with Gasteiger partial charge in [0.2, 0.25) is 0 Å². The molecule has 4 aliphatic rings. The van der Waals surface area contributed by atoms with Crippen LogP contribution in [0.3, 0.4) is 0 Å². The van der Waals surface area contributed by atoms with Gasteiger partial charge in [0.25, 0.3) is 0 Å². The Morgan fingerprint density at radius 2 is 0.766 bits per heavy atom. The molecule has 2 nitrogen and oxygen atoms in total. The summed E-state index contributed by atoms with van der Waals surface area (Å²) in [6.07, 6.45) is 24.9. The number of anilines is 4. The van der Waals surface area contributed by atoms with E-state index in [0.717, 1.165) is 58.8 Å². The maximum absolute atomic E-state index is 3.71. The predicted molar refractivity (Wildman–Crippen MR) is 280 cm³/mol. The Bertz CT molecular complexity index is 2760. The zero-order valence-electron chi connectivity index (χ0n) is 38.3. The minimum atomic E-state index is 0.867. The van der Waals surface area contributed by atoms with Crippen molar-refractivity contribution < 1.29 is 0 Å². The van der Waals surface area contributed by atoms with Crippen molar-refractivity contribution in [1.29, 1.82) is 0 Å². The van der Waals surface area contributed by atoms with Crippen molar-refractivity contribution >= 4 is 45.0 Å². The molecule has 0 unspecified atom stereocenters. The van der Waals surface area contributed by atoms with Crippen LogP contribution >= 0.6 is 0 Å². The SMILES string of the molecule is C1=C(c2ccccc2)C=CC=1N(c1ccc(C2=CC=CC2)cc1)c1ccc(-c2ccc(N(C3=CC=C(c4ccccc4)C3)c3ccc(C4=CC=CC4)cc3)cc2)cc1.CC.CC.CC. The lowest BCUT2D eigenvalue weighted by Gasteiger charge is -2.27. The van der Waals surface area contributed by atoms with Crippen LogP contribution in [0.2, 0.25) is 0 Å². The molecule has 0 radical (unpaired) electrons. The van der Waals surface area contributed by atoms with Gasteiger partial charge in [-0.25, -0.2) is 0 Å². The van der Waals surface area contributed by atoms with Gasteiger partial charge in [-0.05, 0) is 130 Å². The molecule has 0 amide bonds. The number of benzene rings is 6. The van der Waals surface area contributed by atoms with Crippen molar-refractivity contribution in [3.63, 3.8) is 0 Å². The molecule has 0 atom stereocenters. The Labute approximate surface area is 383 Å². The van der Waals surface area contributed by atoms with Crippen LogP contribution in [0.4, 0.5) is 22.7 Å². The first-order chi connectivity index (χ1) is 31.7. The molecule has 0 heterocycles. The quantitative estimate of drug-likeness (QED) is 0.120. The fourth-order valence-corrected chi connectivity index (χ4v) is 8.30. The summed E-state index contributed by atoms with van der Waals surface area (Å²) in [5.41, 5.74) is 22.9. The summed E-state index contributed by atoms with van der Waals surface area (Å²) in [7, 11) is 0. The fraction of sp³-hybridized carbons (Fsp3) is 0.145. The van der Waals surface area contributed by atoms with Gasteiger partial charge < -0.3 is 9.80 Å². The van der Waals surface area contributed by atoms with Crippen molar-refractivity contribution in [2.45, 2.75) is 60.8 Å². The van der Waals surface area contributed by atoms with Gasteiger partial charge >= 0.3 is 0 Å². The predicted octanol–water partition coefficient (Wildman–Crippen LogP) is 17.9. The third-order valence-electron chi connectivity index (χ3n) is 11.4. The molecule has 0 fully saturated rings. The Morgan fingerprint density at radius 3 is 1.20 bits per heavy atom. The molecular weight excluding hydrogens is 773 g/mol. The molecule has 4 aliphatic carbocycles. The summed E-state index contributed by atoms with van der Waals surface area (Å²) in [5, 5.41) is 0. The van der Waals surface area contributed by atoms with E-state index in [1.807, 2.05) is 41.5 Å². The average Bonchev–Trinajstić information content (AvgIpc) is 4.25. The average molecular weight is 833 g/mol. The maximum atomic E-state index is 3.71. The molecule has 318 valence electrons. The minimum Gasteiger partial charge on any atom is -0.314 e. The summed E-state index contributed by atoms with van der Waals surface area (Å²) >= 11 is 0. The molecule has 6 aromatic carbocycles. The van der Waals surface area contributed by atoms with Crippen LogP contribution in [0.1, 0.15) is 83.1 Å². The lowest BCUT2D eigenvalue weighted by atomic mass is 10.0. The Morgan fingerprint density at radius 1 is 0.359 bits per heavy atom. The highest BCUT2D eigenvalue weighted by Gasteiger charge is 2.21. The molecule has 0 saturated heterocycles. The summed E-state index contributed by atoms with van der Waals surface area (Å²) < 4.78 is 0. The molecule has 0 aliphatic heterocycles. The van der Waals surface area contributed by atoms with Crippen LogP contribution in [-0.4, -0.2) is 0 Å². The normalized spacial score (nSPS) is 14.0. The van der Waals surface area contributed by atoms with Gasteiger partial charge in [-0.1, -0.05) is 199 Å². The lowest BCUT2D eigenvalue weighted by Crippen LogP contribution is -2.15. The summed E-state index contributed by atoms with van der Waals surface area (Å²) in [6, 6.07) is 57.1. The standard InChI is InChI=1S/C56H42N2.3C2H6/c1-3-11-43(12-4-1)49-27-37-55(39-49)57(51-29-19-45(20-30-51)41-15-7-8-16-41)53-33-23-47(24-34-53)48-25-35-54(36-26-48)58(52-31-21-46(22-32-52)42-17-9-10-18-42)56-38-28-50(40-56)44-13-5-2-6-14-44;3*1-2/h1-15,17,19-38H,16,18,39H2;3*1-2H3. The first kappa shape index (κ1) is 44.7. The second-order valence-electron chi connectivity index (χ2n) is 15.0. The minimum absolute atomic E-state index is 0.867. The van der Waals surface area contributed by atoms with Gasteiger partial charge in [-0.3, -0.25) is 0 Å². The highest BCUT2D eigenvalue weighted by atomic mass is 15.2. The van der Waals surface area contributed by atoms with Crippen LogP contribution < -0.4 is 9.80 Å². The molecule has 0 N–H and O–H groups in total. The molecular formula is C62H60N2. The Hall–Kier alpha value is -7.38. The molecule has 0 bridgehead atoms. The lowest BCUT2D eigenvalue weighted by molar-refractivity contribution is 1.10. The zero-order chi connectivity index (χ0) is 44.7. The zero-order valence-corrected chi connectivity index (χ0v) is 38.3. The van der Waals surface area contributed by atoms with E-state index in [1.54, 1.807) is 0 Å². The third kappa shape index (κ3) is 10.1. The Kier molecular flexibility index (Phi) is 15.4. The van der Waals surface area contributed by atoms with Crippen LogP contribution in [-0.2, 0) is 0 Å². The van der Waals surface area contributed by atoms with Crippen molar-refractivity contribution in [3.05, 3.63) is 258 Å². The first-order valence-corrected chi connectivity index (χ1v) is 23.2. The van der Waals surface area contributed by atoms with Gasteiger partial charge in [0, 0.05) is 40.4 Å². The van der Waals surface area contributed by atoms with E-state index in [-0.39, 0.29) is 0 Å². The van der Waals surface area contributed by atoms with Crippen molar-refractivity contribution in [2.75, 3.05) is 9.80 Å². The van der Waals surface area contributed by atoms with Crippen molar-refractivity contribution in [2.24, 2.45) is 0 Å². The first-order valence-electron chi connectivity index (χ1n) is 23.2. The largest absolute Gasteiger partial charge is 0.314 e. The number of allylic oxidation sites excluding steroid dienone is 13. The summed E-state index contributed by atoms with van der Waals surface area (Å²) in [5.74, 6) is 0. The van der Waals surface area contributed by atoms with E-state index >= 15 is 0 Å². The van der Waals surface area contributed by atoms with Gasteiger partial charge in [0.1, 0.15) is 0 Å². The third-order valence-corrected chi connectivity index (χ3v) is 11.4. The number of nitrogens with zero attached hydrogens (tertiary/aromatic N) is 2. The van der Waals surface area contributed by atoms with E-state index in [2.05, 4.69) is 234 Å². The molecule has 0 saturated carbocycles. The summed E-state index contributed by atoms with van der Waals surface area (Å²) in [6.45, 7) is 12.0. The van der Waals surface area contributed by atoms with Gasteiger partial charge in [0.05, 0.1) is 5.70 Å². The van der Waals surface area contributed by atoms with E-state index < -0.39 is 0 Å². The summed E-state index contributed by atoms with van der Waals surface area (Å²) in [4.78, 5) is 4.72. The van der Waals surface area contributed by atoms with Gasteiger partial charge in [-0.15, -0.1) is 0 Å². The molecule has 2 heteroatoms. The van der Waals surface area contributed by atoms with Gasteiger partial charge in [-0.2, -0.15) is 0 Å². The molecule has 0 aromatic heterocycles. The molecule has 64 heavy (non-hydrogen) atoms. The monoisotopic (exact) mass is 832 g/mol. The smallest absolute Gasteiger partial charge is 0.0897 e. The van der Waals surface area contributed by atoms with E-state index in [0.29, 0.717) is 0 Å². The van der Waals surface area contributed by atoms with Crippen LogP contribution in [0, 0.1) is 0 Å². The highest BCUT2D eigenvalue weighted by Crippen LogP contribution is 2.40. The molecule has 0 spiro atoms. The molecule has 6 aromatic rings. The van der Waals surface area contributed by atoms with Crippen LogP contribution in [0.25, 0.3) is 33.4 Å². The maximum Gasteiger partial charge on any atom is 0.0897 e. The van der Waals surface area contributed by atoms with Crippen LogP contribution in [0.5, 0.6) is 0 Å². The van der Waals surface area contributed by atoms with E-state index in [1.165, 1.54) is 50.2 Å². The second-order valence-corrected chi connectivity index (χ2v) is 15.0. The van der Waals surface area contributed by atoms with E-state index in [9.17, 15) is 0 Å². The van der Waals surface area contributed by atoms with Gasteiger partial charge in [0.15, 0.2) is 0 Å². The number of hydrogen-bond donors (Lipinski definition) is 0. The van der Waals surface area contributed by atoms with E-state index in [4.69, 9.17) is 0 Å². The van der Waals surface area contributed by atoms with Crippen molar-refractivity contribution in [3.8, 4) is 11.1 Å². The molecule has 10 rings (SSSR count). The number of hydrogen-bond acceptors (Lipinski definition) is 2. The number of rotatable bonds is 11. The van der Waals surface area contributed by atoms with Crippen molar-refractivity contribution in [1.82, 2.24) is 0 Å². The second kappa shape index (κ2) is 22.1. The Balaban J connectivity index is 0.000000981. The van der Waals surface area contributed by atoms with Crippen LogP contribution in [0.15, 0.2) is 236 Å². The highest BCUT2D eigenvalue weighted by molar-refractivity contribution is 5.84. The topological polar surface area (TPSA) is 6.48 Å². The fourth-order valence-electron chi connectivity index (χ4n) is 8.30.